The number of nitrogens with zero attached hydrogens (tertiary/aromatic N) is 2. The van der Waals surface area contributed by atoms with Gasteiger partial charge in [0, 0.05) is 22.1 Å². The van der Waals surface area contributed by atoms with Crippen molar-refractivity contribution in [2.75, 3.05) is 17.4 Å². The van der Waals surface area contributed by atoms with Gasteiger partial charge in [-0.15, -0.1) is 0 Å². The van der Waals surface area contributed by atoms with Crippen LogP contribution >= 0.6 is 11.6 Å². The molecule has 9 rings (SSSR count). The molecule has 1 saturated carbocycles. The number of ether oxygens (including phenoxy) is 1. The van der Waals surface area contributed by atoms with E-state index in [0.717, 1.165) is 10.6 Å². The maximum Gasteiger partial charge on any atom is 0.260 e. The molecule has 0 bridgehead atoms. The van der Waals surface area contributed by atoms with Gasteiger partial charge < -0.3 is 9.84 Å². The smallest absolute Gasteiger partial charge is 0.260 e. The molecule has 300 valence electrons. The van der Waals surface area contributed by atoms with Gasteiger partial charge in [0.15, 0.2) is 17.3 Å². The summed E-state index contributed by atoms with van der Waals surface area (Å²) in [6.45, 7) is 0. The van der Waals surface area contributed by atoms with Crippen LogP contribution in [-0.4, -0.2) is 46.6 Å². The molecule has 2 aliphatic carbocycles. The molecule has 0 spiro atoms. The van der Waals surface area contributed by atoms with Gasteiger partial charge in [0.1, 0.15) is 5.82 Å². The van der Waals surface area contributed by atoms with E-state index in [1.165, 1.54) is 42.3 Å². The normalized spacial score (nSPS) is 24.6. The molecule has 2 aliphatic heterocycles. The topological polar surface area (TPSA) is 133 Å². The van der Waals surface area contributed by atoms with E-state index in [0.29, 0.717) is 38.7 Å². The number of rotatable bonds is 9. The molecule has 2 saturated heterocycles. The van der Waals surface area contributed by atoms with Crippen molar-refractivity contribution < 1.29 is 38.2 Å². The van der Waals surface area contributed by atoms with Gasteiger partial charge in [0.25, 0.3) is 11.8 Å². The number of anilines is 2. The minimum Gasteiger partial charge on any atom is -0.504 e. The van der Waals surface area contributed by atoms with E-state index >= 15 is 4.79 Å². The van der Waals surface area contributed by atoms with Crippen LogP contribution in [0.5, 0.6) is 11.5 Å². The Balaban J connectivity index is 1.14. The maximum absolute atomic E-state index is 15.3. The zero-order valence-electron chi connectivity index (χ0n) is 32.1. The van der Waals surface area contributed by atoms with Crippen LogP contribution in [0.4, 0.5) is 15.8 Å². The van der Waals surface area contributed by atoms with Gasteiger partial charge >= 0.3 is 0 Å². The number of methoxy groups -OCH3 is 1. The number of hydrogen-bond donors (Lipinski definition) is 2. The van der Waals surface area contributed by atoms with Crippen molar-refractivity contribution >= 4 is 58.5 Å². The fourth-order valence-electron chi connectivity index (χ4n) is 9.68. The largest absolute Gasteiger partial charge is 0.504 e. The predicted octanol–water partition coefficient (Wildman–Crippen LogP) is 8.16. The van der Waals surface area contributed by atoms with Crippen molar-refractivity contribution in [2.24, 2.45) is 29.6 Å². The molecule has 6 atom stereocenters. The highest BCUT2D eigenvalue weighted by atomic mass is 35.5. The van der Waals surface area contributed by atoms with Crippen molar-refractivity contribution in [3.63, 3.8) is 0 Å². The van der Waals surface area contributed by atoms with Crippen LogP contribution in [-0.2, 0) is 24.6 Å². The number of phenols is 1. The van der Waals surface area contributed by atoms with Gasteiger partial charge in [0.05, 0.1) is 41.7 Å². The van der Waals surface area contributed by atoms with Crippen LogP contribution in [0.1, 0.15) is 39.9 Å². The Morgan fingerprint density at radius 2 is 1.55 bits per heavy atom. The van der Waals surface area contributed by atoms with Gasteiger partial charge in [-0.1, -0.05) is 83.9 Å². The van der Waals surface area contributed by atoms with Crippen molar-refractivity contribution in [3.05, 3.63) is 172 Å². The number of fused-ring (bicyclic) bond motifs is 4. The molecule has 0 aromatic heterocycles. The molecule has 2 N–H and O–H groups in total. The van der Waals surface area contributed by atoms with E-state index in [1.807, 2.05) is 18.2 Å². The second-order valence-electron chi connectivity index (χ2n) is 15.5. The molecule has 2 heterocycles. The van der Waals surface area contributed by atoms with Gasteiger partial charge in [-0.2, -0.15) is 5.01 Å². The lowest BCUT2D eigenvalue weighted by atomic mass is 9.50. The fraction of sp³-hybridized carbons (Fsp3) is 0.188. The monoisotopic (exact) mass is 821 g/mol. The number of benzene rings is 5. The Morgan fingerprint density at radius 1 is 0.850 bits per heavy atom. The Labute approximate surface area is 349 Å². The Morgan fingerprint density at radius 3 is 2.25 bits per heavy atom. The summed E-state index contributed by atoms with van der Waals surface area (Å²) in [7, 11) is 1.44. The first kappa shape index (κ1) is 38.7. The van der Waals surface area contributed by atoms with Gasteiger partial charge in [-0.25, -0.2) is 4.39 Å². The van der Waals surface area contributed by atoms with Gasteiger partial charge in [-0.05, 0) is 103 Å². The molecule has 60 heavy (non-hydrogen) atoms. The molecule has 0 unspecified atom stereocenters. The third-order valence-corrected chi connectivity index (χ3v) is 12.7. The number of aromatic hydroxyl groups is 1. The van der Waals surface area contributed by atoms with Crippen LogP contribution in [0.15, 0.2) is 139 Å². The molecule has 0 radical (unpaired) electrons. The molecular weight excluding hydrogens is 785 g/mol. The number of hydrogen-bond acceptors (Lipinski definition) is 8. The Kier molecular flexibility index (Phi) is 9.71. The molecule has 4 aliphatic rings. The third-order valence-electron chi connectivity index (χ3n) is 12.4. The minimum atomic E-state index is -1.55. The summed E-state index contributed by atoms with van der Waals surface area (Å²) in [5.74, 6) is -6.46. The summed E-state index contributed by atoms with van der Waals surface area (Å²) >= 11 is 6.39. The van der Waals surface area contributed by atoms with E-state index in [-0.39, 0.29) is 36.0 Å². The highest BCUT2D eigenvalue weighted by Crippen LogP contribution is 2.61. The standard InChI is InChI=1S/C48H37ClFN3O7/c1-60-41-25-27(8-24-40(41)54)7-23-38-35-21-22-36-42(46(58)52(44(36)56)34-19-9-29(10-20-34)43(55)28-5-3-2-4-6-28)37(35)26-39-45(57)53(51-33-17-15-32(50)16-18-33)47(59)48(38,39)30-11-13-31(49)14-12-30/h2-21,23-25,36-39,42,51,54H,22,26H2,1H3/t36-,37+,38-,39-,42-,48-/m0/s1. The van der Waals surface area contributed by atoms with Crippen molar-refractivity contribution in [3.8, 4) is 11.5 Å². The maximum atomic E-state index is 15.3. The summed E-state index contributed by atoms with van der Waals surface area (Å²) in [5.41, 5.74) is 4.84. The average molecular weight is 822 g/mol. The number of phenolic OH excluding ortho intramolecular Hbond substituents is 1. The predicted molar refractivity (Wildman–Crippen MR) is 222 cm³/mol. The summed E-state index contributed by atoms with van der Waals surface area (Å²) in [5, 5.41) is 11.7. The SMILES string of the molecule is COc1cc(C=C[C@H]2C3=CC[C@@H]4C(=O)N(c5ccc(C(=O)c6ccccc6)cc5)C(=O)[C@@H]4[C@@H]3C[C@H]3C(=O)N(Nc4ccc(F)cc4)C(=O)[C@@]23c2ccc(Cl)cc2)ccc1O. The number of halogens is 2. The second-order valence-corrected chi connectivity index (χ2v) is 15.9. The van der Waals surface area contributed by atoms with Crippen LogP contribution in [0.3, 0.4) is 0 Å². The van der Waals surface area contributed by atoms with E-state index < -0.39 is 58.5 Å². The first-order valence-electron chi connectivity index (χ1n) is 19.5. The van der Waals surface area contributed by atoms with E-state index in [9.17, 15) is 28.7 Å². The van der Waals surface area contributed by atoms with Crippen molar-refractivity contribution in [1.29, 1.82) is 0 Å². The van der Waals surface area contributed by atoms with Crippen LogP contribution in [0.25, 0.3) is 6.08 Å². The summed E-state index contributed by atoms with van der Waals surface area (Å²) in [6, 6.07) is 32.1. The van der Waals surface area contributed by atoms with Crippen LogP contribution in [0.2, 0.25) is 5.02 Å². The zero-order valence-corrected chi connectivity index (χ0v) is 32.9. The molecule has 3 fully saturated rings. The quantitative estimate of drug-likeness (QED) is 0.0865. The molecule has 12 heteroatoms. The van der Waals surface area contributed by atoms with E-state index in [1.54, 1.807) is 91.0 Å². The molecular formula is C48H37ClFN3O7. The number of carbonyl (C=O) groups excluding carboxylic acids is 5. The Hall–Kier alpha value is -6.85. The van der Waals surface area contributed by atoms with E-state index in [2.05, 4.69) is 5.43 Å². The van der Waals surface area contributed by atoms with Crippen molar-refractivity contribution in [2.45, 2.75) is 18.3 Å². The number of hydrazine groups is 1. The number of nitrogens with one attached hydrogen (secondary N) is 1. The molecule has 5 aromatic rings. The molecule has 10 nitrogen and oxygen atoms in total. The van der Waals surface area contributed by atoms with Crippen LogP contribution in [0, 0.1) is 35.4 Å². The zero-order chi connectivity index (χ0) is 41.9. The highest BCUT2D eigenvalue weighted by molar-refractivity contribution is 6.30. The first-order valence-corrected chi connectivity index (χ1v) is 19.9. The average Bonchev–Trinajstić information content (AvgIpc) is 3.65. The summed E-state index contributed by atoms with van der Waals surface area (Å²) in [4.78, 5) is 73.5. The third kappa shape index (κ3) is 6.19. The number of amides is 4. The minimum absolute atomic E-state index is 0.0587. The molecule has 5 aromatic carbocycles. The lowest BCUT2D eigenvalue weighted by molar-refractivity contribution is -0.139. The molecule has 4 amide bonds. The first-order chi connectivity index (χ1) is 29.0. The lowest BCUT2D eigenvalue weighted by Crippen LogP contribution is -2.54. The second kappa shape index (κ2) is 15.1. The number of allylic oxidation sites excluding steroid dienone is 3. The number of ketones is 1. The Bertz CT molecular complexity index is 2630. The van der Waals surface area contributed by atoms with E-state index in [4.69, 9.17) is 16.3 Å². The fourth-order valence-corrected chi connectivity index (χ4v) is 9.81. The van der Waals surface area contributed by atoms with Crippen LogP contribution < -0.4 is 15.1 Å². The highest BCUT2D eigenvalue weighted by Gasteiger charge is 2.69. The van der Waals surface area contributed by atoms with Gasteiger partial charge in [0.2, 0.25) is 11.8 Å². The number of imide groups is 2. The lowest BCUT2D eigenvalue weighted by Gasteiger charge is -2.49. The van der Waals surface area contributed by atoms with Crippen molar-refractivity contribution in [1.82, 2.24) is 5.01 Å². The summed E-state index contributed by atoms with van der Waals surface area (Å²) < 4.78 is 19.3. The number of carbonyl (C=O) groups is 5. The van der Waals surface area contributed by atoms with Gasteiger partial charge in [-0.3, -0.25) is 34.3 Å². The summed E-state index contributed by atoms with van der Waals surface area (Å²) in [6.07, 6.45) is 5.85.